The van der Waals surface area contributed by atoms with Gasteiger partial charge in [0.05, 0.1) is 6.10 Å². The van der Waals surface area contributed by atoms with Crippen LogP contribution in [0.3, 0.4) is 0 Å². The lowest BCUT2D eigenvalue weighted by Crippen LogP contribution is -2.66. The minimum Gasteiger partial charge on any atom is -0.378 e. The van der Waals surface area contributed by atoms with Crippen molar-refractivity contribution in [3.8, 4) is 0 Å². The zero-order valence-electron chi connectivity index (χ0n) is 21.0. The Morgan fingerprint density at radius 2 is 1.41 bits per heavy atom. The lowest BCUT2D eigenvalue weighted by atomic mass is 9.62. The van der Waals surface area contributed by atoms with Crippen LogP contribution in [0.4, 0.5) is 0 Å². The first-order chi connectivity index (χ1) is 15.2. The van der Waals surface area contributed by atoms with Gasteiger partial charge in [0.15, 0.2) is 0 Å². The van der Waals surface area contributed by atoms with Crippen LogP contribution in [0.15, 0.2) is 60.7 Å². The fourth-order valence-corrected chi connectivity index (χ4v) is 12.5. The van der Waals surface area contributed by atoms with Gasteiger partial charge in [-0.15, -0.1) is 0 Å². The van der Waals surface area contributed by atoms with Crippen molar-refractivity contribution in [3.05, 3.63) is 60.7 Å². The highest BCUT2D eigenvalue weighted by Crippen LogP contribution is 2.51. The molecule has 0 N–H and O–H groups in total. The van der Waals surface area contributed by atoms with Gasteiger partial charge in [0, 0.05) is 18.4 Å². The van der Waals surface area contributed by atoms with E-state index in [1.54, 1.807) is 0 Å². The molecule has 0 spiro atoms. The number of benzene rings is 2. The standard InChI is InChI=1S/C29H42O2Si/c1-7-29(8-2)23(20-24(31-9-3)21-27(29)30)22-32(28(4,5)6,25-16-12-10-13-17-25)26-18-14-11-15-19-26/h10-19,23-24H,7-9,20-22H2,1-6H3. The fourth-order valence-electron chi connectivity index (χ4n) is 6.52. The van der Waals surface area contributed by atoms with Crippen LogP contribution >= 0.6 is 0 Å². The number of rotatable bonds is 8. The van der Waals surface area contributed by atoms with Crippen molar-refractivity contribution in [2.24, 2.45) is 11.3 Å². The Kier molecular flexibility index (Phi) is 7.83. The summed E-state index contributed by atoms with van der Waals surface area (Å²) in [5.74, 6) is 0.761. The predicted molar refractivity (Wildman–Crippen MR) is 139 cm³/mol. The van der Waals surface area contributed by atoms with Gasteiger partial charge in [0.2, 0.25) is 0 Å². The fraction of sp³-hybridized carbons (Fsp3) is 0.552. The first kappa shape index (κ1) is 24.9. The van der Waals surface area contributed by atoms with Crippen molar-refractivity contribution in [3.63, 3.8) is 0 Å². The van der Waals surface area contributed by atoms with E-state index in [-0.39, 0.29) is 16.6 Å². The van der Waals surface area contributed by atoms with Crippen molar-refractivity contribution >= 4 is 24.2 Å². The summed E-state index contributed by atoms with van der Waals surface area (Å²) in [6, 6.07) is 23.4. The Hall–Kier alpha value is -1.71. The Bertz CT molecular complexity index is 826. The molecule has 2 nitrogen and oxygen atoms in total. The number of carbonyl (C=O) groups excluding carboxylic acids is 1. The first-order valence-electron chi connectivity index (χ1n) is 12.5. The third-order valence-electron chi connectivity index (χ3n) is 8.33. The summed E-state index contributed by atoms with van der Waals surface area (Å²) >= 11 is 0. The molecule has 32 heavy (non-hydrogen) atoms. The van der Waals surface area contributed by atoms with Gasteiger partial charge in [-0.05, 0) is 43.2 Å². The maximum absolute atomic E-state index is 13.6. The largest absolute Gasteiger partial charge is 0.378 e. The average molecular weight is 451 g/mol. The molecule has 1 aliphatic carbocycles. The summed E-state index contributed by atoms with van der Waals surface area (Å²) in [5, 5.41) is 3.06. The number of hydrogen-bond acceptors (Lipinski definition) is 2. The van der Waals surface area contributed by atoms with Gasteiger partial charge in [0.25, 0.3) is 0 Å². The minimum atomic E-state index is -2.25. The molecule has 3 rings (SSSR count). The molecule has 0 saturated heterocycles. The highest BCUT2D eigenvalue weighted by Gasteiger charge is 2.55. The van der Waals surface area contributed by atoms with Crippen LogP contribution in [0.25, 0.3) is 0 Å². The highest BCUT2D eigenvalue weighted by molar-refractivity contribution is 7.04. The quantitative estimate of drug-likeness (QED) is 0.445. The van der Waals surface area contributed by atoms with E-state index < -0.39 is 8.07 Å². The molecule has 3 heteroatoms. The topological polar surface area (TPSA) is 26.3 Å². The van der Waals surface area contributed by atoms with Crippen LogP contribution < -0.4 is 10.4 Å². The van der Waals surface area contributed by atoms with Gasteiger partial charge in [0.1, 0.15) is 13.9 Å². The van der Waals surface area contributed by atoms with Gasteiger partial charge in [-0.3, -0.25) is 4.79 Å². The highest BCUT2D eigenvalue weighted by atomic mass is 28.3. The molecular formula is C29H42O2Si. The summed E-state index contributed by atoms with van der Waals surface area (Å²) in [4.78, 5) is 13.6. The molecule has 174 valence electrons. The van der Waals surface area contributed by atoms with E-state index >= 15 is 0 Å². The molecule has 1 aliphatic rings. The molecule has 1 saturated carbocycles. The number of Topliss-reactive ketones (excluding diaryl/α,β-unsaturated/α-hetero) is 1. The van der Waals surface area contributed by atoms with Crippen LogP contribution in [-0.4, -0.2) is 26.6 Å². The summed E-state index contributed by atoms with van der Waals surface area (Å²) in [5.41, 5.74) is -0.235. The van der Waals surface area contributed by atoms with E-state index in [0.29, 0.717) is 24.7 Å². The molecule has 0 aromatic heterocycles. The molecule has 2 unspecified atom stereocenters. The monoisotopic (exact) mass is 450 g/mol. The van der Waals surface area contributed by atoms with Crippen molar-refractivity contribution < 1.29 is 9.53 Å². The van der Waals surface area contributed by atoms with Gasteiger partial charge in [-0.2, -0.15) is 0 Å². The lowest BCUT2D eigenvalue weighted by Gasteiger charge is -2.52. The molecule has 0 bridgehead atoms. The molecule has 1 fully saturated rings. The van der Waals surface area contributed by atoms with Crippen molar-refractivity contribution in [2.75, 3.05) is 6.61 Å². The zero-order valence-corrected chi connectivity index (χ0v) is 22.0. The second kappa shape index (κ2) is 10.1. The van der Waals surface area contributed by atoms with E-state index in [4.69, 9.17) is 4.74 Å². The van der Waals surface area contributed by atoms with Crippen LogP contribution in [0, 0.1) is 11.3 Å². The first-order valence-corrected chi connectivity index (χ1v) is 14.7. The van der Waals surface area contributed by atoms with Crippen LogP contribution in [0.5, 0.6) is 0 Å². The third kappa shape index (κ3) is 4.39. The van der Waals surface area contributed by atoms with E-state index in [1.165, 1.54) is 10.4 Å². The second-order valence-electron chi connectivity index (χ2n) is 10.6. The smallest absolute Gasteiger partial charge is 0.141 e. The average Bonchev–Trinajstić information content (AvgIpc) is 2.78. The molecule has 0 amide bonds. The van der Waals surface area contributed by atoms with Gasteiger partial charge >= 0.3 is 0 Å². The van der Waals surface area contributed by atoms with Crippen molar-refractivity contribution in [1.29, 1.82) is 0 Å². The predicted octanol–water partition coefficient (Wildman–Crippen LogP) is 6.24. The van der Waals surface area contributed by atoms with E-state index in [9.17, 15) is 4.79 Å². The third-order valence-corrected chi connectivity index (χ3v) is 14.6. The Morgan fingerprint density at radius 1 is 0.906 bits per heavy atom. The van der Waals surface area contributed by atoms with Gasteiger partial charge < -0.3 is 4.74 Å². The molecule has 0 heterocycles. The molecule has 2 atom stereocenters. The molecule has 0 aliphatic heterocycles. The van der Waals surface area contributed by atoms with Crippen LogP contribution in [0.1, 0.15) is 67.2 Å². The van der Waals surface area contributed by atoms with E-state index in [0.717, 1.165) is 25.3 Å². The normalized spacial score (nSPS) is 21.5. The Labute approximate surface area is 196 Å². The maximum atomic E-state index is 13.6. The van der Waals surface area contributed by atoms with Crippen LogP contribution in [0.2, 0.25) is 11.1 Å². The lowest BCUT2D eigenvalue weighted by molar-refractivity contribution is -0.142. The van der Waals surface area contributed by atoms with E-state index in [2.05, 4.69) is 95.3 Å². The molecule has 2 aromatic carbocycles. The second-order valence-corrected chi connectivity index (χ2v) is 15.5. The summed E-state index contributed by atoms with van der Waals surface area (Å²) in [7, 11) is -2.25. The van der Waals surface area contributed by atoms with Crippen molar-refractivity contribution in [2.45, 2.75) is 84.4 Å². The molecule has 2 aromatic rings. The maximum Gasteiger partial charge on any atom is 0.141 e. The number of ketones is 1. The molecule has 0 radical (unpaired) electrons. The Morgan fingerprint density at radius 3 is 1.81 bits per heavy atom. The van der Waals surface area contributed by atoms with Crippen molar-refractivity contribution in [1.82, 2.24) is 0 Å². The Balaban J connectivity index is 2.21. The van der Waals surface area contributed by atoms with E-state index in [1.807, 2.05) is 6.92 Å². The SMILES string of the molecule is CCOC1CC(=O)C(CC)(CC)C(C[Si](c2ccccc2)(c2ccccc2)C(C)(C)C)C1. The summed E-state index contributed by atoms with van der Waals surface area (Å²) in [6.07, 6.45) is 3.47. The number of hydrogen-bond donors (Lipinski definition) is 0. The van der Waals surface area contributed by atoms with Gasteiger partial charge in [-0.25, -0.2) is 0 Å². The minimum absolute atomic E-state index is 0.0574. The molecular weight excluding hydrogens is 408 g/mol. The summed E-state index contributed by atoms with van der Waals surface area (Å²) < 4.78 is 6.07. The zero-order chi connectivity index (χ0) is 23.4. The number of carbonyl (C=O) groups is 1. The van der Waals surface area contributed by atoms with Gasteiger partial charge in [-0.1, -0.05) is 106 Å². The number of ether oxygens (including phenoxy) is 1. The summed E-state index contributed by atoms with van der Waals surface area (Å²) in [6.45, 7) is 14.4. The van der Waals surface area contributed by atoms with Crippen LogP contribution in [-0.2, 0) is 9.53 Å².